The minimum atomic E-state index is -0.0608. The highest BCUT2D eigenvalue weighted by Gasteiger charge is 2.18. The Kier molecular flexibility index (Phi) is 8.44. The SMILES string of the molecule is CCOc1ccc2nc(N(CCN(C)C)C(=O)/C=C/c3cccs3)sc2c1.Cl. The Labute approximate surface area is 179 Å². The van der Waals surface area contributed by atoms with Gasteiger partial charge in [0.1, 0.15) is 5.75 Å². The predicted octanol–water partition coefficient (Wildman–Crippen LogP) is 4.79. The molecule has 3 rings (SSSR count). The molecule has 0 spiro atoms. The molecule has 150 valence electrons. The summed E-state index contributed by atoms with van der Waals surface area (Å²) in [4.78, 5) is 22.4. The van der Waals surface area contributed by atoms with Crippen LogP contribution in [0, 0.1) is 0 Å². The number of amides is 1. The second-order valence-electron chi connectivity index (χ2n) is 6.20. The molecule has 2 heterocycles. The maximum atomic E-state index is 12.9. The van der Waals surface area contributed by atoms with E-state index in [9.17, 15) is 4.79 Å². The molecule has 0 aliphatic carbocycles. The van der Waals surface area contributed by atoms with Gasteiger partial charge in [-0.1, -0.05) is 17.4 Å². The van der Waals surface area contributed by atoms with Crippen LogP contribution in [0.15, 0.2) is 41.8 Å². The van der Waals surface area contributed by atoms with Crippen molar-refractivity contribution in [1.82, 2.24) is 9.88 Å². The van der Waals surface area contributed by atoms with Crippen molar-refractivity contribution in [3.05, 3.63) is 46.7 Å². The van der Waals surface area contributed by atoms with E-state index in [4.69, 9.17) is 4.74 Å². The summed E-state index contributed by atoms with van der Waals surface area (Å²) >= 11 is 3.12. The van der Waals surface area contributed by atoms with Gasteiger partial charge in [0, 0.05) is 24.0 Å². The molecule has 0 saturated heterocycles. The van der Waals surface area contributed by atoms with Crippen molar-refractivity contribution in [3.8, 4) is 5.75 Å². The molecule has 0 N–H and O–H groups in total. The molecule has 0 atom stereocenters. The largest absolute Gasteiger partial charge is 0.494 e. The van der Waals surface area contributed by atoms with Gasteiger partial charge in [-0.3, -0.25) is 9.69 Å². The molecule has 3 aromatic rings. The van der Waals surface area contributed by atoms with Gasteiger partial charge in [0.05, 0.1) is 16.8 Å². The van der Waals surface area contributed by atoms with Crippen LogP contribution in [0.3, 0.4) is 0 Å². The summed E-state index contributed by atoms with van der Waals surface area (Å²) in [6, 6.07) is 9.80. The topological polar surface area (TPSA) is 45.7 Å². The highest BCUT2D eigenvalue weighted by atomic mass is 35.5. The third kappa shape index (κ3) is 5.78. The third-order valence-electron chi connectivity index (χ3n) is 3.86. The van der Waals surface area contributed by atoms with E-state index in [1.807, 2.05) is 62.8 Å². The lowest BCUT2D eigenvalue weighted by Gasteiger charge is -2.20. The van der Waals surface area contributed by atoms with Crippen LogP contribution in [-0.4, -0.2) is 49.6 Å². The van der Waals surface area contributed by atoms with Crippen LogP contribution in [0.1, 0.15) is 11.8 Å². The number of aromatic nitrogens is 1. The van der Waals surface area contributed by atoms with Gasteiger partial charge >= 0.3 is 0 Å². The number of fused-ring (bicyclic) bond motifs is 1. The fourth-order valence-corrected chi connectivity index (χ4v) is 4.14. The maximum Gasteiger partial charge on any atom is 0.252 e. The number of thiazole rings is 1. The Morgan fingerprint density at radius 3 is 2.75 bits per heavy atom. The molecule has 8 heteroatoms. The summed E-state index contributed by atoms with van der Waals surface area (Å²) in [5, 5.41) is 2.71. The number of rotatable bonds is 8. The molecule has 0 aliphatic heterocycles. The molecule has 0 fully saturated rings. The van der Waals surface area contributed by atoms with Gasteiger partial charge in [-0.05, 0) is 56.7 Å². The molecule has 0 saturated carbocycles. The second kappa shape index (κ2) is 10.6. The normalized spacial score (nSPS) is 11.1. The van der Waals surface area contributed by atoms with Gasteiger partial charge in [0.15, 0.2) is 5.13 Å². The van der Waals surface area contributed by atoms with Crippen LogP contribution < -0.4 is 9.64 Å². The van der Waals surface area contributed by atoms with E-state index in [2.05, 4.69) is 9.88 Å². The number of carbonyl (C=O) groups excluding carboxylic acids is 1. The van der Waals surface area contributed by atoms with E-state index in [1.54, 1.807) is 22.3 Å². The fourth-order valence-electron chi connectivity index (χ4n) is 2.49. The number of halogens is 1. The Morgan fingerprint density at radius 2 is 2.07 bits per heavy atom. The van der Waals surface area contributed by atoms with Gasteiger partial charge in [-0.2, -0.15) is 0 Å². The summed E-state index contributed by atoms with van der Waals surface area (Å²) in [6.07, 6.45) is 3.48. The molecule has 1 amide bonds. The standard InChI is InChI=1S/C20H23N3O2S2.ClH/c1-4-25-15-7-9-17-18(14-15)27-20(21-17)23(12-11-22(2)3)19(24)10-8-16-6-5-13-26-16;/h5-10,13-14H,4,11-12H2,1-3H3;1H/b10-8+;. The molecular weight excluding hydrogens is 414 g/mol. The Bertz CT molecular complexity index is 923. The highest BCUT2D eigenvalue weighted by Crippen LogP contribution is 2.31. The van der Waals surface area contributed by atoms with Crippen LogP contribution in [0.25, 0.3) is 16.3 Å². The smallest absolute Gasteiger partial charge is 0.252 e. The van der Waals surface area contributed by atoms with Gasteiger partial charge in [-0.25, -0.2) is 4.98 Å². The van der Waals surface area contributed by atoms with Crippen molar-refractivity contribution in [2.24, 2.45) is 0 Å². The zero-order valence-electron chi connectivity index (χ0n) is 16.1. The first kappa shape index (κ1) is 22.4. The average Bonchev–Trinajstić information content (AvgIpc) is 3.29. The average molecular weight is 438 g/mol. The van der Waals surface area contributed by atoms with Crippen molar-refractivity contribution in [3.63, 3.8) is 0 Å². The Morgan fingerprint density at radius 1 is 1.25 bits per heavy atom. The predicted molar refractivity (Wildman–Crippen MR) is 122 cm³/mol. The van der Waals surface area contributed by atoms with E-state index in [-0.39, 0.29) is 18.3 Å². The maximum absolute atomic E-state index is 12.9. The fraction of sp³-hybridized carbons (Fsp3) is 0.300. The van der Waals surface area contributed by atoms with Crippen molar-refractivity contribution >= 4 is 62.4 Å². The lowest BCUT2D eigenvalue weighted by Crippen LogP contribution is -2.35. The second-order valence-corrected chi connectivity index (χ2v) is 8.19. The summed E-state index contributed by atoms with van der Waals surface area (Å²) in [5.41, 5.74) is 0.878. The zero-order valence-corrected chi connectivity index (χ0v) is 18.6. The first-order valence-corrected chi connectivity index (χ1v) is 10.5. The number of thiophene rings is 1. The molecule has 5 nitrogen and oxygen atoms in total. The lowest BCUT2D eigenvalue weighted by atomic mass is 10.3. The first-order chi connectivity index (χ1) is 13.1. The summed E-state index contributed by atoms with van der Waals surface area (Å²) in [6.45, 7) is 3.93. The summed E-state index contributed by atoms with van der Waals surface area (Å²) in [7, 11) is 3.99. The minimum Gasteiger partial charge on any atom is -0.494 e. The van der Waals surface area contributed by atoms with Gasteiger partial charge in [0.25, 0.3) is 5.91 Å². The van der Waals surface area contributed by atoms with Crippen LogP contribution in [0.5, 0.6) is 5.75 Å². The van der Waals surface area contributed by atoms with Crippen LogP contribution in [0.2, 0.25) is 0 Å². The number of anilines is 1. The van der Waals surface area contributed by atoms with E-state index in [1.165, 1.54) is 11.3 Å². The molecule has 1 aromatic carbocycles. The number of benzene rings is 1. The Hall–Kier alpha value is -1.93. The molecule has 0 bridgehead atoms. The molecular formula is C20H24ClN3O2S2. The van der Waals surface area contributed by atoms with Crippen molar-refractivity contribution < 1.29 is 9.53 Å². The highest BCUT2D eigenvalue weighted by molar-refractivity contribution is 7.22. The zero-order chi connectivity index (χ0) is 19.2. The lowest BCUT2D eigenvalue weighted by molar-refractivity contribution is -0.114. The summed E-state index contributed by atoms with van der Waals surface area (Å²) in [5.74, 6) is 0.762. The molecule has 2 aromatic heterocycles. The van der Waals surface area contributed by atoms with E-state index < -0.39 is 0 Å². The Balaban J connectivity index is 0.00000280. The molecule has 0 aliphatic rings. The van der Waals surface area contributed by atoms with Crippen molar-refractivity contribution in [2.45, 2.75) is 6.92 Å². The van der Waals surface area contributed by atoms with E-state index >= 15 is 0 Å². The van der Waals surface area contributed by atoms with Gasteiger partial charge in [0.2, 0.25) is 0 Å². The minimum absolute atomic E-state index is 0. The number of ether oxygens (including phenoxy) is 1. The third-order valence-corrected chi connectivity index (χ3v) is 5.74. The van der Waals surface area contributed by atoms with Crippen molar-refractivity contribution in [1.29, 1.82) is 0 Å². The van der Waals surface area contributed by atoms with Crippen molar-refractivity contribution in [2.75, 3.05) is 38.7 Å². The number of hydrogen-bond acceptors (Lipinski definition) is 6. The quantitative estimate of drug-likeness (QED) is 0.475. The number of hydrogen-bond donors (Lipinski definition) is 0. The summed E-state index contributed by atoms with van der Waals surface area (Å²) < 4.78 is 6.59. The number of likely N-dealkylation sites (N-methyl/N-ethyl adjacent to an activating group) is 1. The number of carbonyl (C=O) groups is 1. The van der Waals surface area contributed by atoms with Crippen LogP contribution >= 0.6 is 35.1 Å². The van der Waals surface area contributed by atoms with Gasteiger partial charge in [-0.15, -0.1) is 23.7 Å². The van der Waals surface area contributed by atoms with Crippen LogP contribution in [0.4, 0.5) is 5.13 Å². The van der Waals surface area contributed by atoms with E-state index in [0.717, 1.165) is 27.4 Å². The van der Waals surface area contributed by atoms with Crippen LogP contribution in [-0.2, 0) is 4.79 Å². The first-order valence-electron chi connectivity index (χ1n) is 8.78. The molecule has 28 heavy (non-hydrogen) atoms. The van der Waals surface area contributed by atoms with Gasteiger partial charge < -0.3 is 9.64 Å². The molecule has 0 radical (unpaired) electrons. The number of nitrogens with zero attached hydrogens (tertiary/aromatic N) is 3. The molecule has 0 unspecified atom stereocenters. The van der Waals surface area contributed by atoms with E-state index in [0.29, 0.717) is 18.3 Å². The monoisotopic (exact) mass is 437 g/mol.